The highest BCUT2D eigenvalue weighted by Gasteiger charge is 2.24. The van der Waals surface area contributed by atoms with Gasteiger partial charge in [-0.25, -0.2) is 4.68 Å². The van der Waals surface area contributed by atoms with Gasteiger partial charge in [-0.05, 0) is 32.0 Å². The minimum atomic E-state index is -0.752. The Morgan fingerprint density at radius 3 is 2.43 bits per heavy atom. The second-order valence-corrected chi connectivity index (χ2v) is 6.62. The third-order valence-corrected chi connectivity index (χ3v) is 4.54. The van der Waals surface area contributed by atoms with Crippen LogP contribution in [0.3, 0.4) is 0 Å². The van der Waals surface area contributed by atoms with E-state index >= 15 is 0 Å². The summed E-state index contributed by atoms with van der Waals surface area (Å²) in [5, 5.41) is 4.46. The maximum atomic E-state index is 13.2. The third-order valence-electron chi connectivity index (χ3n) is 4.54. The predicted octanol–water partition coefficient (Wildman–Crippen LogP) is 4.00. The van der Waals surface area contributed by atoms with Gasteiger partial charge in [-0.1, -0.05) is 54.1 Å². The number of anilines is 1. The molecule has 28 heavy (non-hydrogen) atoms. The van der Waals surface area contributed by atoms with Gasteiger partial charge >= 0.3 is 0 Å². The molecule has 5 heteroatoms. The van der Waals surface area contributed by atoms with Crippen molar-refractivity contribution < 1.29 is 4.79 Å². The fourth-order valence-electron chi connectivity index (χ4n) is 2.97. The molecule has 142 valence electrons. The largest absolute Gasteiger partial charge is 0.307 e. The maximum Gasteiger partial charge on any atom is 0.267 e. The second kappa shape index (κ2) is 8.48. The van der Waals surface area contributed by atoms with E-state index in [1.54, 1.807) is 24.0 Å². The minimum absolute atomic E-state index is 0.221. The Labute approximate surface area is 164 Å². The molecule has 0 aliphatic carbocycles. The highest BCUT2D eigenvalue weighted by atomic mass is 16.2. The fraction of sp³-hybridized carbons (Fsp3) is 0.174. The van der Waals surface area contributed by atoms with Gasteiger partial charge in [0.1, 0.15) is 6.04 Å². The number of aromatic nitrogens is 2. The lowest BCUT2D eigenvalue weighted by molar-refractivity contribution is -0.121. The average Bonchev–Trinajstić information content (AvgIpc) is 2.72. The van der Waals surface area contributed by atoms with Gasteiger partial charge in [-0.2, -0.15) is 5.10 Å². The van der Waals surface area contributed by atoms with Gasteiger partial charge in [0.15, 0.2) is 0 Å². The second-order valence-electron chi connectivity index (χ2n) is 6.62. The van der Waals surface area contributed by atoms with Gasteiger partial charge in [0, 0.05) is 23.9 Å². The summed E-state index contributed by atoms with van der Waals surface area (Å²) in [6.45, 7) is 7.79. The predicted molar refractivity (Wildman–Crippen MR) is 112 cm³/mol. The average molecular weight is 373 g/mol. The first-order chi connectivity index (χ1) is 13.5. The zero-order chi connectivity index (χ0) is 20.1. The first-order valence-electron chi connectivity index (χ1n) is 9.15. The van der Waals surface area contributed by atoms with Gasteiger partial charge in [0.05, 0.1) is 5.69 Å². The lowest BCUT2D eigenvalue weighted by atomic mass is 10.1. The van der Waals surface area contributed by atoms with Gasteiger partial charge in [-0.3, -0.25) is 9.59 Å². The van der Waals surface area contributed by atoms with Crippen molar-refractivity contribution in [1.29, 1.82) is 0 Å². The molecule has 2 aromatic carbocycles. The van der Waals surface area contributed by atoms with Crippen molar-refractivity contribution in [3.63, 3.8) is 0 Å². The van der Waals surface area contributed by atoms with Crippen LogP contribution in [-0.2, 0) is 4.79 Å². The number of benzene rings is 2. The smallest absolute Gasteiger partial charge is 0.267 e. The third kappa shape index (κ3) is 4.09. The Kier molecular flexibility index (Phi) is 5.84. The molecular formula is C23H23N3O2. The van der Waals surface area contributed by atoms with Crippen molar-refractivity contribution in [2.24, 2.45) is 0 Å². The minimum Gasteiger partial charge on any atom is -0.307 e. The molecule has 0 bridgehead atoms. The Hall–Kier alpha value is -3.47. The van der Waals surface area contributed by atoms with E-state index in [2.05, 4.69) is 11.7 Å². The van der Waals surface area contributed by atoms with E-state index in [-0.39, 0.29) is 11.5 Å². The highest BCUT2D eigenvalue weighted by molar-refractivity contribution is 5.96. The summed E-state index contributed by atoms with van der Waals surface area (Å²) < 4.78 is 1.25. The van der Waals surface area contributed by atoms with Crippen LogP contribution in [-0.4, -0.2) is 22.2 Å². The van der Waals surface area contributed by atoms with E-state index in [4.69, 9.17) is 0 Å². The molecule has 0 radical (unpaired) electrons. The normalized spacial score (nSPS) is 11.6. The number of aryl methyl sites for hydroxylation is 1. The van der Waals surface area contributed by atoms with Gasteiger partial charge in [0.25, 0.3) is 11.5 Å². The van der Waals surface area contributed by atoms with E-state index in [0.29, 0.717) is 12.2 Å². The molecule has 1 heterocycles. The Morgan fingerprint density at radius 1 is 1.11 bits per heavy atom. The highest BCUT2D eigenvalue weighted by Crippen LogP contribution is 2.20. The molecule has 1 amide bonds. The van der Waals surface area contributed by atoms with Gasteiger partial charge < -0.3 is 4.90 Å². The van der Waals surface area contributed by atoms with Crippen LogP contribution >= 0.6 is 0 Å². The van der Waals surface area contributed by atoms with E-state index in [1.165, 1.54) is 10.7 Å². The van der Waals surface area contributed by atoms with Crippen molar-refractivity contribution in [3.8, 4) is 11.3 Å². The molecule has 3 aromatic rings. The Bertz CT molecular complexity index is 1020. The van der Waals surface area contributed by atoms with Crippen LogP contribution in [0.4, 0.5) is 5.69 Å². The van der Waals surface area contributed by atoms with Crippen LogP contribution in [0.1, 0.15) is 18.5 Å². The number of para-hydroxylation sites is 1. The number of nitrogens with zero attached hydrogens (tertiary/aromatic N) is 3. The summed E-state index contributed by atoms with van der Waals surface area (Å²) in [6.07, 6.45) is 1.66. The van der Waals surface area contributed by atoms with Crippen molar-refractivity contribution in [2.45, 2.75) is 19.9 Å². The molecule has 0 N–H and O–H groups in total. The topological polar surface area (TPSA) is 55.2 Å². The summed E-state index contributed by atoms with van der Waals surface area (Å²) in [4.78, 5) is 27.2. The molecule has 0 spiro atoms. The number of hydrogen-bond donors (Lipinski definition) is 0. The van der Waals surface area contributed by atoms with E-state index in [1.807, 2.05) is 61.5 Å². The zero-order valence-electron chi connectivity index (χ0n) is 16.1. The summed E-state index contributed by atoms with van der Waals surface area (Å²) in [5.74, 6) is -0.221. The van der Waals surface area contributed by atoms with Crippen molar-refractivity contribution >= 4 is 11.6 Å². The molecule has 0 aliphatic rings. The standard InChI is InChI=1S/C23H23N3O2/c1-4-16-25(20-8-6-5-7-9-20)23(28)18(3)26-22(27)15-14-21(24-26)19-12-10-17(2)11-13-19/h4-15,18H,1,16H2,2-3H3. The van der Waals surface area contributed by atoms with Crippen molar-refractivity contribution in [2.75, 3.05) is 11.4 Å². The van der Waals surface area contributed by atoms with E-state index in [9.17, 15) is 9.59 Å². The number of hydrogen-bond acceptors (Lipinski definition) is 3. The first kappa shape index (κ1) is 19.3. The van der Waals surface area contributed by atoms with Gasteiger partial charge in [-0.15, -0.1) is 6.58 Å². The molecule has 0 aliphatic heterocycles. The quantitative estimate of drug-likeness (QED) is 0.614. The molecule has 1 atom stereocenters. The molecule has 1 unspecified atom stereocenters. The van der Waals surface area contributed by atoms with Crippen LogP contribution in [0.2, 0.25) is 0 Å². The van der Waals surface area contributed by atoms with E-state index in [0.717, 1.165) is 16.8 Å². The first-order valence-corrected chi connectivity index (χ1v) is 9.15. The van der Waals surface area contributed by atoms with E-state index < -0.39 is 6.04 Å². The van der Waals surface area contributed by atoms with Crippen LogP contribution in [0, 0.1) is 6.92 Å². The fourth-order valence-corrected chi connectivity index (χ4v) is 2.97. The molecule has 1 aromatic heterocycles. The number of amides is 1. The Balaban J connectivity index is 1.96. The summed E-state index contributed by atoms with van der Waals surface area (Å²) >= 11 is 0. The van der Waals surface area contributed by atoms with Crippen LogP contribution in [0.15, 0.2) is 84.2 Å². The molecule has 3 rings (SSSR count). The molecule has 0 saturated heterocycles. The molecule has 0 fully saturated rings. The number of carbonyl (C=O) groups is 1. The summed E-state index contributed by atoms with van der Waals surface area (Å²) in [6, 6.07) is 19.6. The van der Waals surface area contributed by atoms with Crippen LogP contribution in [0.5, 0.6) is 0 Å². The summed E-state index contributed by atoms with van der Waals surface area (Å²) in [5.41, 5.74) is 3.12. The van der Waals surface area contributed by atoms with Crippen LogP contribution in [0.25, 0.3) is 11.3 Å². The Morgan fingerprint density at radius 2 is 1.79 bits per heavy atom. The summed E-state index contributed by atoms with van der Waals surface area (Å²) in [7, 11) is 0. The molecule has 0 saturated carbocycles. The van der Waals surface area contributed by atoms with Gasteiger partial charge in [0.2, 0.25) is 0 Å². The van der Waals surface area contributed by atoms with Crippen molar-refractivity contribution in [1.82, 2.24) is 9.78 Å². The van der Waals surface area contributed by atoms with Crippen molar-refractivity contribution in [3.05, 3.63) is 95.3 Å². The number of carbonyl (C=O) groups excluding carboxylic acids is 1. The zero-order valence-corrected chi connectivity index (χ0v) is 16.1. The lowest BCUT2D eigenvalue weighted by Gasteiger charge is -2.25. The van der Waals surface area contributed by atoms with Crippen LogP contribution < -0.4 is 10.5 Å². The lowest BCUT2D eigenvalue weighted by Crippen LogP contribution is -2.40. The SMILES string of the molecule is C=CCN(C(=O)C(C)n1nc(-c2ccc(C)cc2)ccc1=O)c1ccccc1. The molecule has 5 nitrogen and oxygen atoms in total. The molecular weight excluding hydrogens is 350 g/mol. The maximum absolute atomic E-state index is 13.2. The monoisotopic (exact) mass is 373 g/mol. The number of rotatable bonds is 6.